The van der Waals surface area contributed by atoms with E-state index in [9.17, 15) is 14.4 Å². The molecule has 2 atom stereocenters. The highest BCUT2D eigenvalue weighted by Gasteiger charge is 2.19. The molecule has 0 aromatic carbocycles. The van der Waals surface area contributed by atoms with E-state index in [4.69, 9.17) is 14.2 Å². The third-order valence-electron chi connectivity index (χ3n) is 13.3. The Hall–Kier alpha value is -1.59. The van der Waals surface area contributed by atoms with Crippen molar-refractivity contribution in [2.45, 2.75) is 317 Å². The molecule has 6 nitrogen and oxygen atoms in total. The van der Waals surface area contributed by atoms with Crippen LogP contribution in [0.15, 0.2) is 0 Å². The van der Waals surface area contributed by atoms with Crippen LogP contribution in [-0.2, 0) is 28.6 Å². The summed E-state index contributed by atoms with van der Waals surface area (Å²) in [5.41, 5.74) is 0. The maximum atomic E-state index is 12.8. The predicted octanol–water partition coefficient (Wildman–Crippen LogP) is 18.3. The maximum absolute atomic E-state index is 12.8. The summed E-state index contributed by atoms with van der Waals surface area (Å²) >= 11 is 0. The topological polar surface area (TPSA) is 78.9 Å². The number of rotatable bonds is 50. The van der Waals surface area contributed by atoms with Gasteiger partial charge in [0.1, 0.15) is 13.2 Å². The van der Waals surface area contributed by atoms with Crippen molar-refractivity contribution in [2.75, 3.05) is 13.2 Å². The monoisotopic (exact) mass is 891 g/mol. The molecule has 0 saturated heterocycles. The first kappa shape index (κ1) is 61.4. The molecule has 0 aromatic rings. The molecule has 0 saturated carbocycles. The van der Waals surface area contributed by atoms with Gasteiger partial charge in [0.05, 0.1) is 0 Å². The molecule has 6 heteroatoms. The van der Waals surface area contributed by atoms with Gasteiger partial charge in [0.2, 0.25) is 0 Å². The van der Waals surface area contributed by atoms with E-state index in [0.717, 1.165) is 75.5 Å². The van der Waals surface area contributed by atoms with Gasteiger partial charge >= 0.3 is 17.9 Å². The van der Waals surface area contributed by atoms with E-state index in [1.165, 1.54) is 193 Å². The molecule has 374 valence electrons. The van der Waals surface area contributed by atoms with Gasteiger partial charge in [-0.1, -0.05) is 273 Å². The van der Waals surface area contributed by atoms with Gasteiger partial charge < -0.3 is 14.2 Å². The van der Waals surface area contributed by atoms with Crippen molar-refractivity contribution in [3.8, 4) is 0 Å². The molecule has 0 aliphatic rings. The van der Waals surface area contributed by atoms with E-state index in [1.54, 1.807) is 0 Å². The molecular formula is C57H110O6. The van der Waals surface area contributed by atoms with Gasteiger partial charge in [-0.15, -0.1) is 0 Å². The first-order valence-electron chi connectivity index (χ1n) is 28.1. The zero-order valence-electron chi connectivity index (χ0n) is 43.4. The third-order valence-corrected chi connectivity index (χ3v) is 13.3. The molecular weight excluding hydrogens is 781 g/mol. The molecule has 0 heterocycles. The van der Waals surface area contributed by atoms with Crippen molar-refractivity contribution < 1.29 is 28.6 Å². The molecule has 0 amide bonds. The fraction of sp³-hybridized carbons (Fsp3) is 0.947. The zero-order chi connectivity index (χ0) is 46.3. The van der Waals surface area contributed by atoms with Crippen LogP contribution in [0.4, 0.5) is 0 Å². The Bertz CT molecular complexity index is 978. The first-order valence-corrected chi connectivity index (χ1v) is 28.1. The van der Waals surface area contributed by atoms with E-state index in [2.05, 4.69) is 41.5 Å². The van der Waals surface area contributed by atoms with Gasteiger partial charge in [-0.3, -0.25) is 14.4 Å². The molecule has 0 aliphatic heterocycles. The summed E-state index contributed by atoms with van der Waals surface area (Å²) < 4.78 is 16.8. The smallest absolute Gasteiger partial charge is 0.306 e. The van der Waals surface area contributed by atoms with Gasteiger partial charge in [-0.05, 0) is 37.0 Å². The normalized spacial score (nSPS) is 12.6. The standard InChI is InChI=1S/C57H110O6/c1-7-53(6)45-39-33-27-23-24-29-35-41-47-56(59)62-50-54(63-57(60)48-42-36-30-22-18-20-26-32-38-44-52(4)5)49-61-55(58)46-40-34-28-21-17-15-13-11-9-8-10-12-14-16-19-25-31-37-43-51(2)3/h51-54H,7-50H2,1-6H3/t53?,54-/m1/s1. The second-order valence-electron chi connectivity index (χ2n) is 20.8. The lowest BCUT2D eigenvalue weighted by Crippen LogP contribution is -2.30. The number of ether oxygens (including phenoxy) is 3. The van der Waals surface area contributed by atoms with Crippen molar-refractivity contribution in [3.63, 3.8) is 0 Å². The van der Waals surface area contributed by atoms with E-state index in [-0.39, 0.29) is 31.1 Å². The molecule has 0 N–H and O–H groups in total. The number of esters is 3. The predicted molar refractivity (Wildman–Crippen MR) is 270 cm³/mol. The molecule has 0 rings (SSSR count). The molecule has 0 bridgehead atoms. The lowest BCUT2D eigenvalue weighted by Gasteiger charge is -2.18. The van der Waals surface area contributed by atoms with E-state index >= 15 is 0 Å². The van der Waals surface area contributed by atoms with Crippen LogP contribution in [0.25, 0.3) is 0 Å². The number of carbonyl (C=O) groups excluding carboxylic acids is 3. The number of unbranched alkanes of at least 4 members (excludes halogenated alkanes) is 32. The molecule has 63 heavy (non-hydrogen) atoms. The second-order valence-corrected chi connectivity index (χ2v) is 20.8. The summed E-state index contributed by atoms with van der Waals surface area (Å²) in [7, 11) is 0. The lowest BCUT2D eigenvalue weighted by atomic mass is 9.99. The fourth-order valence-electron chi connectivity index (χ4n) is 8.61. The van der Waals surface area contributed by atoms with E-state index in [0.29, 0.717) is 19.3 Å². The Balaban J connectivity index is 4.22. The summed E-state index contributed by atoms with van der Waals surface area (Å²) in [5, 5.41) is 0. The molecule has 0 spiro atoms. The highest BCUT2D eigenvalue weighted by atomic mass is 16.6. The minimum atomic E-state index is -0.763. The molecule has 0 aliphatic carbocycles. The van der Waals surface area contributed by atoms with Crippen LogP contribution in [-0.4, -0.2) is 37.2 Å². The Labute approximate surface area is 393 Å². The quantitative estimate of drug-likeness (QED) is 0.0344. The van der Waals surface area contributed by atoms with Crippen molar-refractivity contribution in [1.29, 1.82) is 0 Å². The van der Waals surface area contributed by atoms with Gasteiger partial charge in [0.25, 0.3) is 0 Å². The minimum Gasteiger partial charge on any atom is -0.462 e. The largest absolute Gasteiger partial charge is 0.462 e. The Morgan fingerprint density at radius 1 is 0.317 bits per heavy atom. The van der Waals surface area contributed by atoms with Crippen LogP contribution in [0.1, 0.15) is 311 Å². The van der Waals surface area contributed by atoms with Crippen LogP contribution >= 0.6 is 0 Å². The number of hydrogen-bond acceptors (Lipinski definition) is 6. The van der Waals surface area contributed by atoms with Crippen LogP contribution in [0, 0.1) is 17.8 Å². The molecule has 0 radical (unpaired) electrons. The number of carbonyl (C=O) groups is 3. The highest BCUT2D eigenvalue weighted by molar-refractivity contribution is 5.71. The van der Waals surface area contributed by atoms with E-state index in [1.807, 2.05) is 0 Å². The van der Waals surface area contributed by atoms with Crippen LogP contribution in [0.5, 0.6) is 0 Å². The van der Waals surface area contributed by atoms with Crippen molar-refractivity contribution in [1.82, 2.24) is 0 Å². The van der Waals surface area contributed by atoms with Crippen molar-refractivity contribution >= 4 is 17.9 Å². The SMILES string of the molecule is CCC(C)CCCCCCCCCCC(=O)OC[C@@H](COC(=O)CCCCCCCCCCCCCCCCCCCCC(C)C)OC(=O)CCCCCCCCCCCC(C)C. The van der Waals surface area contributed by atoms with Gasteiger partial charge in [0, 0.05) is 19.3 Å². The third kappa shape index (κ3) is 49.7. The molecule has 0 fully saturated rings. The summed E-state index contributed by atoms with van der Waals surface area (Å²) in [6.07, 6.45) is 49.6. The molecule has 0 aromatic heterocycles. The second kappa shape index (κ2) is 48.3. The average Bonchev–Trinajstić information content (AvgIpc) is 3.25. The zero-order valence-corrected chi connectivity index (χ0v) is 43.4. The minimum absolute atomic E-state index is 0.0644. The maximum Gasteiger partial charge on any atom is 0.306 e. The Kier molecular flexibility index (Phi) is 47.1. The van der Waals surface area contributed by atoms with Gasteiger partial charge in [-0.25, -0.2) is 0 Å². The summed E-state index contributed by atoms with van der Waals surface area (Å²) in [6.45, 7) is 13.7. The van der Waals surface area contributed by atoms with Crippen LogP contribution < -0.4 is 0 Å². The first-order chi connectivity index (χ1) is 30.6. The summed E-state index contributed by atoms with van der Waals surface area (Å²) in [6, 6.07) is 0. The number of hydrogen-bond donors (Lipinski definition) is 0. The van der Waals surface area contributed by atoms with Crippen molar-refractivity contribution in [3.05, 3.63) is 0 Å². The van der Waals surface area contributed by atoms with Gasteiger partial charge in [0.15, 0.2) is 6.10 Å². The highest BCUT2D eigenvalue weighted by Crippen LogP contribution is 2.18. The lowest BCUT2D eigenvalue weighted by molar-refractivity contribution is -0.167. The summed E-state index contributed by atoms with van der Waals surface area (Å²) in [5.74, 6) is 1.66. The van der Waals surface area contributed by atoms with Crippen molar-refractivity contribution in [2.24, 2.45) is 17.8 Å². The van der Waals surface area contributed by atoms with Gasteiger partial charge in [-0.2, -0.15) is 0 Å². The van der Waals surface area contributed by atoms with Crippen LogP contribution in [0.2, 0.25) is 0 Å². The Morgan fingerprint density at radius 3 is 0.825 bits per heavy atom. The Morgan fingerprint density at radius 2 is 0.556 bits per heavy atom. The van der Waals surface area contributed by atoms with Crippen LogP contribution in [0.3, 0.4) is 0 Å². The summed E-state index contributed by atoms with van der Waals surface area (Å²) in [4.78, 5) is 38.0. The average molecular weight is 892 g/mol. The van der Waals surface area contributed by atoms with E-state index < -0.39 is 6.10 Å². The fourth-order valence-corrected chi connectivity index (χ4v) is 8.61. The molecule has 1 unspecified atom stereocenters.